The molecule has 3 nitrogen and oxygen atoms in total. The maximum absolute atomic E-state index is 12.3. The third kappa shape index (κ3) is 4.60. The Morgan fingerprint density at radius 1 is 1.04 bits per heavy atom. The Morgan fingerprint density at radius 2 is 1.67 bits per heavy atom. The van der Waals surface area contributed by atoms with Gasteiger partial charge in [-0.3, -0.25) is 4.79 Å². The van der Waals surface area contributed by atoms with Crippen LogP contribution in [-0.2, 0) is 10.2 Å². The molecule has 0 heterocycles. The lowest BCUT2D eigenvalue weighted by Gasteiger charge is -2.20. The molecule has 0 aromatic heterocycles. The van der Waals surface area contributed by atoms with Crippen LogP contribution in [0.2, 0.25) is 0 Å². The summed E-state index contributed by atoms with van der Waals surface area (Å²) < 4.78 is 5.77. The van der Waals surface area contributed by atoms with Crippen LogP contribution in [0, 0.1) is 13.8 Å². The Morgan fingerprint density at radius 3 is 2.21 bits per heavy atom. The normalized spacial score (nSPS) is 12.6. The van der Waals surface area contributed by atoms with Crippen molar-refractivity contribution in [3.8, 4) is 5.75 Å². The Labute approximate surface area is 145 Å². The van der Waals surface area contributed by atoms with E-state index in [9.17, 15) is 4.79 Å². The summed E-state index contributed by atoms with van der Waals surface area (Å²) in [5.41, 5.74) is 4.38. The number of ether oxygens (including phenoxy) is 1. The van der Waals surface area contributed by atoms with E-state index in [0.29, 0.717) is 5.75 Å². The average molecular weight is 325 g/mol. The van der Waals surface area contributed by atoms with E-state index in [-0.39, 0.29) is 11.3 Å². The lowest BCUT2D eigenvalue weighted by Crippen LogP contribution is -2.30. The molecule has 0 bridgehead atoms. The number of anilines is 1. The summed E-state index contributed by atoms with van der Waals surface area (Å²) in [6.45, 7) is 12.3. The van der Waals surface area contributed by atoms with Crippen molar-refractivity contribution in [3.05, 3.63) is 59.2 Å². The molecule has 0 aliphatic rings. The van der Waals surface area contributed by atoms with Gasteiger partial charge in [-0.15, -0.1) is 0 Å². The van der Waals surface area contributed by atoms with Gasteiger partial charge in [0.1, 0.15) is 5.75 Å². The molecule has 2 aromatic carbocycles. The fourth-order valence-corrected chi connectivity index (χ4v) is 2.48. The molecule has 3 heteroatoms. The predicted octanol–water partition coefficient (Wildman–Crippen LogP) is 5.01. The maximum atomic E-state index is 12.3. The minimum absolute atomic E-state index is 0.102. The number of carbonyl (C=O) groups is 1. The summed E-state index contributed by atoms with van der Waals surface area (Å²) in [5, 5.41) is 2.93. The fraction of sp³-hybridized carbons (Fsp3) is 0.381. The van der Waals surface area contributed by atoms with Crippen molar-refractivity contribution in [2.24, 2.45) is 0 Å². The molecule has 1 N–H and O–H groups in total. The van der Waals surface area contributed by atoms with Gasteiger partial charge in [0.2, 0.25) is 0 Å². The SMILES string of the molecule is Cc1ccc(NC(=O)[C@H](C)Oc2ccc(C(C)(C)C)cc2)c(C)c1. The Bertz CT molecular complexity index is 712. The Hall–Kier alpha value is -2.29. The van der Waals surface area contributed by atoms with E-state index >= 15 is 0 Å². The van der Waals surface area contributed by atoms with Crippen LogP contribution in [0.25, 0.3) is 0 Å². The second-order valence-corrected chi connectivity index (χ2v) is 7.34. The molecular formula is C21H27NO2. The maximum Gasteiger partial charge on any atom is 0.265 e. The third-order valence-electron chi connectivity index (χ3n) is 4.04. The van der Waals surface area contributed by atoms with Gasteiger partial charge >= 0.3 is 0 Å². The lowest BCUT2D eigenvalue weighted by molar-refractivity contribution is -0.122. The highest BCUT2D eigenvalue weighted by molar-refractivity contribution is 5.94. The van der Waals surface area contributed by atoms with Gasteiger partial charge in [0.25, 0.3) is 5.91 Å². The zero-order valence-electron chi connectivity index (χ0n) is 15.4. The first-order chi connectivity index (χ1) is 11.2. The highest BCUT2D eigenvalue weighted by Crippen LogP contribution is 2.25. The number of amides is 1. The van der Waals surface area contributed by atoms with Gasteiger partial charge in [-0.2, -0.15) is 0 Å². The predicted molar refractivity (Wildman–Crippen MR) is 99.8 cm³/mol. The number of aryl methyl sites for hydroxylation is 2. The van der Waals surface area contributed by atoms with E-state index in [1.807, 2.05) is 56.3 Å². The van der Waals surface area contributed by atoms with Crippen LogP contribution in [-0.4, -0.2) is 12.0 Å². The van der Waals surface area contributed by atoms with Gasteiger partial charge in [-0.25, -0.2) is 0 Å². The summed E-state index contributed by atoms with van der Waals surface area (Å²) in [6.07, 6.45) is -0.564. The van der Waals surface area contributed by atoms with Gasteiger partial charge in [0.05, 0.1) is 0 Å². The van der Waals surface area contributed by atoms with Gasteiger partial charge in [0, 0.05) is 5.69 Å². The van der Waals surface area contributed by atoms with E-state index in [0.717, 1.165) is 11.3 Å². The second kappa shape index (κ2) is 7.08. The van der Waals surface area contributed by atoms with Gasteiger partial charge < -0.3 is 10.1 Å². The topological polar surface area (TPSA) is 38.3 Å². The van der Waals surface area contributed by atoms with E-state index in [2.05, 4.69) is 26.1 Å². The largest absolute Gasteiger partial charge is 0.481 e. The molecule has 24 heavy (non-hydrogen) atoms. The van der Waals surface area contributed by atoms with Crippen LogP contribution in [0.15, 0.2) is 42.5 Å². The molecule has 128 valence electrons. The van der Waals surface area contributed by atoms with Gasteiger partial charge in [-0.05, 0) is 55.5 Å². The van der Waals surface area contributed by atoms with E-state index < -0.39 is 6.10 Å². The molecule has 1 amide bonds. The summed E-state index contributed by atoms with van der Waals surface area (Å²) in [5.74, 6) is 0.549. The van der Waals surface area contributed by atoms with Crippen molar-refractivity contribution in [1.29, 1.82) is 0 Å². The molecular weight excluding hydrogens is 298 g/mol. The summed E-state index contributed by atoms with van der Waals surface area (Å²) >= 11 is 0. The van der Waals surface area contributed by atoms with Gasteiger partial charge in [-0.1, -0.05) is 50.6 Å². The monoisotopic (exact) mass is 325 g/mol. The van der Waals surface area contributed by atoms with Crippen molar-refractivity contribution in [2.45, 2.75) is 53.1 Å². The smallest absolute Gasteiger partial charge is 0.265 e. The first-order valence-electron chi connectivity index (χ1n) is 8.32. The molecule has 0 radical (unpaired) electrons. The highest BCUT2D eigenvalue weighted by atomic mass is 16.5. The standard InChI is InChI=1S/C21H27NO2/c1-14-7-12-19(15(2)13-14)22-20(23)16(3)24-18-10-8-17(9-11-18)21(4,5)6/h7-13,16H,1-6H3,(H,22,23)/t16-/m0/s1. The zero-order chi connectivity index (χ0) is 17.9. The van der Waals surface area contributed by atoms with Crippen molar-refractivity contribution in [3.63, 3.8) is 0 Å². The molecule has 1 atom stereocenters. The zero-order valence-corrected chi connectivity index (χ0v) is 15.4. The van der Waals surface area contributed by atoms with Crippen LogP contribution in [0.3, 0.4) is 0 Å². The summed E-state index contributed by atoms with van der Waals surface area (Å²) in [6, 6.07) is 13.9. The minimum Gasteiger partial charge on any atom is -0.481 e. The number of hydrogen-bond donors (Lipinski definition) is 1. The van der Waals surface area contributed by atoms with Crippen LogP contribution in [0.5, 0.6) is 5.75 Å². The van der Waals surface area contributed by atoms with Crippen molar-refractivity contribution < 1.29 is 9.53 Å². The molecule has 2 aromatic rings. The van der Waals surface area contributed by atoms with E-state index in [1.165, 1.54) is 11.1 Å². The molecule has 0 saturated carbocycles. The Kier molecular flexibility index (Phi) is 5.33. The quantitative estimate of drug-likeness (QED) is 0.858. The van der Waals surface area contributed by atoms with Crippen LogP contribution in [0.4, 0.5) is 5.69 Å². The lowest BCUT2D eigenvalue weighted by atomic mass is 9.87. The van der Waals surface area contributed by atoms with Crippen LogP contribution >= 0.6 is 0 Å². The van der Waals surface area contributed by atoms with E-state index in [1.54, 1.807) is 6.92 Å². The molecule has 0 aliphatic heterocycles. The van der Waals surface area contributed by atoms with Crippen molar-refractivity contribution in [2.75, 3.05) is 5.32 Å². The Balaban J connectivity index is 2.01. The van der Waals surface area contributed by atoms with Crippen LogP contribution in [0.1, 0.15) is 44.4 Å². The summed E-state index contributed by atoms with van der Waals surface area (Å²) in [4.78, 5) is 12.3. The number of carbonyl (C=O) groups excluding carboxylic acids is 1. The number of benzene rings is 2. The number of nitrogens with one attached hydrogen (secondary N) is 1. The second-order valence-electron chi connectivity index (χ2n) is 7.34. The molecule has 0 aliphatic carbocycles. The molecule has 0 unspecified atom stereocenters. The molecule has 0 saturated heterocycles. The van der Waals surface area contributed by atoms with E-state index in [4.69, 9.17) is 4.74 Å². The first kappa shape index (κ1) is 18.1. The van der Waals surface area contributed by atoms with Crippen molar-refractivity contribution in [1.82, 2.24) is 0 Å². The first-order valence-corrected chi connectivity index (χ1v) is 8.32. The number of rotatable bonds is 4. The minimum atomic E-state index is -0.564. The highest BCUT2D eigenvalue weighted by Gasteiger charge is 2.17. The number of hydrogen-bond acceptors (Lipinski definition) is 2. The molecule has 0 fully saturated rings. The molecule has 2 rings (SSSR count). The van der Waals surface area contributed by atoms with Gasteiger partial charge in [0.15, 0.2) is 6.10 Å². The summed E-state index contributed by atoms with van der Waals surface area (Å²) in [7, 11) is 0. The van der Waals surface area contributed by atoms with Crippen LogP contribution < -0.4 is 10.1 Å². The third-order valence-corrected chi connectivity index (χ3v) is 4.04. The fourth-order valence-electron chi connectivity index (χ4n) is 2.48. The average Bonchev–Trinajstić information content (AvgIpc) is 2.49. The molecule has 0 spiro atoms. The van der Waals surface area contributed by atoms with Crippen molar-refractivity contribution >= 4 is 11.6 Å².